The van der Waals surface area contributed by atoms with Crippen molar-refractivity contribution in [2.75, 3.05) is 5.32 Å². The molecule has 0 spiro atoms. The van der Waals surface area contributed by atoms with Crippen LogP contribution in [0.15, 0.2) is 18.2 Å². The van der Waals surface area contributed by atoms with Crippen LogP contribution in [0.5, 0.6) is 0 Å². The van der Waals surface area contributed by atoms with Crippen molar-refractivity contribution in [2.45, 2.75) is 32.7 Å². The van der Waals surface area contributed by atoms with E-state index in [9.17, 15) is 9.59 Å². The Bertz CT molecular complexity index is 468. The molecular formula is C13H16N2O2. The van der Waals surface area contributed by atoms with Crippen LogP contribution >= 0.6 is 0 Å². The summed E-state index contributed by atoms with van der Waals surface area (Å²) in [6.07, 6.45) is 1.26. The second kappa shape index (κ2) is 4.57. The summed E-state index contributed by atoms with van der Waals surface area (Å²) in [5.74, 6) is -0.0963. The van der Waals surface area contributed by atoms with E-state index in [0.717, 1.165) is 17.7 Å². The molecule has 17 heavy (non-hydrogen) atoms. The molecule has 1 aromatic carbocycles. The molecule has 1 aromatic rings. The number of hydrogen-bond acceptors (Lipinski definition) is 2. The Labute approximate surface area is 100 Å². The van der Waals surface area contributed by atoms with Crippen LogP contribution in [0.4, 0.5) is 5.69 Å². The standard InChI is InChI=1S/C13H16N2O2/c1-3-8(2)14-13(17)9-4-5-11-10(6-9)7-12(16)15-11/h4-6,8H,3,7H2,1-2H3,(H,14,17)(H,15,16). The second-order valence-corrected chi connectivity index (χ2v) is 4.38. The van der Waals surface area contributed by atoms with Gasteiger partial charge in [-0.2, -0.15) is 0 Å². The van der Waals surface area contributed by atoms with E-state index >= 15 is 0 Å². The third kappa shape index (κ3) is 2.46. The predicted octanol–water partition coefficient (Wildman–Crippen LogP) is 1.71. The third-order valence-electron chi connectivity index (χ3n) is 2.98. The van der Waals surface area contributed by atoms with Gasteiger partial charge in [-0.3, -0.25) is 9.59 Å². The first-order valence-corrected chi connectivity index (χ1v) is 5.83. The van der Waals surface area contributed by atoms with E-state index in [1.54, 1.807) is 18.2 Å². The molecule has 2 amide bonds. The van der Waals surface area contributed by atoms with Gasteiger partial charge in [-0.15, -0.1) is 0 Å². The highest BCUT2D eigenvalue weighted by molar-refractivity contribution is 6.01. The second-order valence-electron chi connectivity index (χ2n) is 4.38. The smallest absolute Gasteiger partial charge is 0.251 e. The molecule has 0 saturated carbocycles. The normalized spacial score (nSPS) is 15.1. The fourth-order valence-electron chi connectivity index (χ4n) is 1.78. The van der Waals surface area contributed by atoms with Gasteiger partial charge in [0.2, 0.25) is 5.91 Å². The summed E-state index contributed by atoms with van der Waals surface area (Å²) < 4.78 is 0. The number of amides is 2. The van der Waals surface area contributed by atoms with Crippen molar-refractivity contribution in [3.05, 3.63) is 29.3 Å². The van der Waals surface area contributed by atoms with Gasteiger partial charge in [0, 0.05) is 17.3 Å². The molecule has 0 radical (unpaired) electrons. The number of anilines is 1. The Morgan fingerprint density at radius 3 is 3.00 bits per heavy atom. The summed E-state index contributed by atoms with van der Waals surface area (Å²) in [5.41, 5.74) is 2.32. The van der Waals surface area contributed by atoms with Crippen LogP contribution in [0.25, 0.3) is 0 Å². The van der Waals surface area contributed by atoms with E-state index in [0.29, 0.717) is 12.0 Å². The highest BCUT2D eigenvalue weighted by atomic mass is 16.2. The summed E-state index contributed by atoms with van der Waals surface area (Å²) in [5, 5.41) is 5.65. The molecule has 0 saturated heterocycles. The minimum Gasteiger partial charge on any atom is -0.350 e. The maximum Gasteiger partial charge on any atom is 0.251 e. The zero-order valence-corrected chi connectivity index (χ0v) is 10.0. The van der Waals surface area contributed by atoms with Crippen molar-refractivity contribution in [2.24, 2.45) is 0 Å². The molecule has 0 aromatic heterocycles. The SMILES string of the molecule is CCC(C)NC(=O)c1ccc2c(c1)CC(=O)N2. The first-order valence-electron chi connectivity index (χ1n) is 5.83. The van der Waals surface area contributed by atoms with E-state index in [1.165, 1.54) is 0 Å². The zero-order chi connectivity index (χ0) is 12.4. The maximum atomic E-state index is 11.9. The van der Waals surface area contributed by atoms with Gasteiger partial charge in [-0.1, -0.05) is 6.92 Å². The van der Waals surface area contributed by atoms with Crippen LogP contribution in [0, 0.1) is 0 Å². The Balaban J connectivity index is 2.16. The summed E-state index contributed by atoms with van der Waals surface area (Å²) in [6.45, 7) is 3.99. The van der Waals surface area contributed by atoms with Gasteiger partial charge >= 0.3 is 0 Å². The van der Waals surface area contributed by atoms with Gasteiger partial charge in [0.25, 0.3) is 5.91 Å². The van der Waals surface area contributed by atoms with E-state index in [-0.39, 0.29) is 17.9 Å². The van der Waals surface area contributed by atoms with Gasteiger partial charge in [-0.05, 0) is 37.1 Å². The van der Waals surface area contributed by atoms with E-state index < -0.39 is 0 Å². The van der Waals surface area contributed by atoms with Crippen LogP contribution in [-0.4, -0.2) is 17.9 Å². The quantitative estimate of drug-likeness (QED) is 0.833. The van der Waals surface area contributed by atoms with Gasteiger partial charge in [-0.25, -0.2) is 0 Å². The molecule has 2 rings (SSSR count). The lowest BCUT2D eigenvalue weighted by atomic mass is 10.1. The Morgan fingerprint density at radius 1 is 1.53 bits per heavy atom. The molecule has 90 valence electrons. The van der Waals surface area contributed by atoms with Crippen molar-refractivity contribution in [3.8, 4) is 0 Å². The Hall–Kier alpha value is -1.84. The van der Waals surface area contributed by atoms with Gasteiger partial charge in [0.1, 0.15) is 0 Å². The molecular weight excluding hydrogens is 216 g/mol. The molecule has 0 bridgehead atoms. The molecule has 1 unspecified atom stereocenters. The fourth-order valence-corrected chi connectivity index (χ4v) is 1.78. The maximum absolute atomic E-state index is 11.9. The molecule has 1 aliphatic heterocycles. The lowest BCUT2D eigenvalue weighted by Crippen LogP contribution is -2.31. The Morgan fingerprint density at radius 2 is 2.29 bits per heavy atom. The minimum absolute atomic E-state index is 0.0144. The first kappa shape index (κ1) is 11.6. The van der Waals surface area contributed by atoms with Crippen molar-refractivity contribution in [1.29, 1.82) is 0 Å². The number of carbonyl (C=O) groups excluding carboxylic acids is 2. The number of fused-ring (bicyclic) bond motifs is 1. The van der Waals surface area contributed by atoms with E-state index in [4.69, 9.17) is 0 Å². The highest BCUT2D eigenvalue weighted by Crippen LogP contribution is 2.23. The molecule has 1 heterocycles. The van der Waals surface area contributed by atoms with Crippen LogP contribution < -0.4 is 10.6 Å². The molecule has 1 atom stereocenters. The fraction of sp³-hybridized carbons (Fsp3) is 0.385. The van der Waals surface area contributed by atoms with E-state index in [1.807, 2.05) is 13.8 Å². The van der Waals surface area contributed by atoms with E-state index in [2.05, 4.69) is 10.6 Å². The molecule has 0 aliphatic carbocycles. The molecule has 4 heteroatoms. The van der Waals surface area contributed by atoms with Crippen molar-refractivity contribution < 1.29 is 9.59 Å². The molecule has 1 aliphatic rings. The van der Waals surface area contributed by atoms with Crippen LogP contribution in [-0.2, 0) is 11.2 Å². The summed E-state index contributed by atoms with van der Waals surface area (Å²) in [7, 11) is 0. The minimum atomic E-state index is -0.0819. The number of carbonyl (C=O) groups is 2. The third-order valence-corrected chi connectivity index (χ3v) is 2.98. The van der Waals surface area contributed by atoms with Crippen molar-refractivity contribution in [1.82, 2.24) is 5.32 Å². The van der Waals surface area contributed by atoms with Gasteiger partial charge < -0.3 is 10.6 Å². The lowest BCUT2D eigenvalue weighted by molar-refractivity contribution is -0.115. The highest BCUT2D eigenvalue weighted by Gasteiger charge is 2.19. The largest absolute Gasteiger partial charge is 0.350 e. The number of benzene rings is 1. The summed E-state index contributed by atoms with van der Waals surface area (Å²) in [4.78, 5) is 23.1. The van der Waals surface area contributed by atoms with Crippen molar-refractivity contribution in [3.63, 3.8) is 0 Å². The van der Waals surface area contributed by atoms with Gasteiger partial charge in [0.05, 0.1) is 6.42 Å². The number of nitrogens with one attached hydrogen (secondary N) is 2. The monoisotopic (exact) mass is 232 g/mol. The van der Waals surface area contributed by atoms with Crippen LogP contribution in [0.3, 0.4) is 0 Å². The lowest BCUT2D eigenvalue weighted by Gasteiger charge is -2.11. The van der Waals surface area contributed by atoms with Crippen LogP contribution in [0.2, 0.25) is 0 Å². The average molecular weight is 232 g/mol. The topological polar surface area (TPSA) is 58.2 Å². The van der Waals surface area contributed by atoms with Crippen LogP contribution in [0.1, 0.15) is 36.2 Å². The molecule has 4 nitrogen and oxygen atoms in total. The number of hydrogen-bond donors (Lipinski definition) is 2. The summed E-state index contributed by atoms with van der Waals surface area (Å²) >= 11 is 0. The number of rotatable bonds is 3. The average Bonchev–Trinajstić information content (AvgIpc) is 2.67. The molecule has 2 N–H and O–H groups in total. The van der Waals surface area contributed by atoms with Gasteiger partial charge in [0.15, 0.2) is 0 Å². The molecule has 0 fully saturated rings. The predicted molar refractivity (Wildman–Crippen MR) is 66.0 cm³/mol. The zero-order valence-electron chi connectivity index (χ0n) is 10.0. The Kier molecular flexibility index (Phi) is 3.13. The van der Waals surface area contributed by atoms with Crippen molar-refractivity contribution >= 4 is 17.5 Å². The first-order chi connectivity index (χ1) is 8.10. The summed E-state index contributed by atoms with van der Waals surface area (Å²) in [6, 6.07) is 5.47.